The van der Waals surface area contributed by atoms with Crippen molar-refractivity contribution in [3.8, 4) is 0 Å². The molecule has 1 amide bonds. The van der Waals surface area contributed by atoms with Crippen molar-refractivity contribution in [2.24, 2.45) is 5.92 Å². The van der Waals surface area contributed by atoms with Crippen molar-refractivity contribution in [2.45, 2.75) is 19.8 Å². The molecule has 0 aromatic rings. The minimum atomic E-state index is -1.08. The fourth-order valence-corrected chi connectivity index (χ4v) is 1.64. The maximum atomic E-state index is 11.4. The number of carbonyl (C=O) groups is 2. The minimum absolute atomic E-state index is 0.195. The summed E-state index contributed by atoms with van der Waals surface area (Å²) in [6.07, 6.45) is 4.17. The highest BCUT2D eigenvalue weighted by Gasteiger charge is 2.18. The van der Waals surface area contributed by atoms with Gasteiger partial charge in [0.2, 0.25) is 5.91 Å². The summed E-state index contributed by atoms with van der Waals surface area (Å²) in [6, 6.07) is 0. The van der Waals surface area contributed by atoms with Gasteiger partial charge >= 0.3 is 5.97 Å². The van der Waals surface area contributed by atoms with E-state index in [0.717, 1.165) is 38.1 Å². The van der Waals surface area contributed by atoms with Gasteiger partial charge in [-0.15, -0.1) is 0 Å². The van der Waals surface area contributed by atoms with Crippen LogP contribution in [0.2, 0.25) is 0 Å². The Morgan fingerprint density at radius 1 is 1.43 bits per heavy atom. The van der Waals surface area contributed by atoms with E-state index in [-0.39, 0.29) is 5.91 Å². The number of aliphatic carboxylic acids is 1. The SMILES string of the molecule is C[C@H]1CCCN(C(=O)/C=C/C(=O)O)C1. The fraction of sp³-hybridized carbons (Fsp3) is 0.600. The number of carbonyl (C=O) groups excluding carboxylic acids is 1. The van der Waals surface area contributed by atoms with E-state index in [1.54, 1.807) is 4.90 Å². The van der Waals surface area contributed by atoms with E-state index < -0.39 is 5.97 Å². The lowest BCUT2D eigenvalue weighted by molar-refractivity contribution is -0.132. The molecule has 1 saturated heterocycles. The molecule has 1 atom stereocenters. The van der Waals surface area contributed by atoms with Crippen LogP contribution in [0.4, 0.5) is 0 Å². The molecule has 1 fully saturated rings. The normalized spacial score (nSPS) is 22.6. The van der Waals surface area contributed by atoms with Crippen LogP contribution in [0.5, 0.6) is 0 Å². The van der Waals surface area contributed by atoms with E-state index in [9.17, 15) is 9.59 Å². The van der Waals surface area contributed by atoms with E-state index in [2.05, 4.69) is 6.92 Å². The van der Waals surface area contributed by atoms with Crippen molar-refractivity contribution in [1.29, 1.82) is 0 Å². The Morgan fingerprint density at radius 3 is 2.71 bits per heavy atom. The van der Waals surface area contributed by atoms with Crippen LogP contribution in [-0.4, -0.2) is 35.0 Å². The maximum absolute atomic E-state index is 11.4. The predicted molar refractivity (Wildman–Crippen MR) is 51.8 cm³/mol. The molecule has 0 spiro atoms. The smallest absolute Gasteiger partial charge is 0.328 e. The van der Waals surface area contributed by atoms with Gasteiger partial charge in [0, 0.05) is 25.2 Å². The average molecular weight is 197 g/mol. The summed E-state index contributed by atoms with van der Waals surface area (Å²) in [5, 5.41) is 8.36. The Morgan fingerprint density at radius 2 is 2.14 bits per heavy atom. The molecule has 4 nitrogen and oxygen atoms in total. The number of piperidine rings is 1. The third kappa shape index (κ3) is 3.20. The van der Waals surface area contributed by atoms with Gasteiger partial charge in [-0.05, 0) is 18.8 Å². The molecule has 4 heteroatoms. The summed E-state index contributed by atoms with van der Waals surface area (Å²) >= 11 is 0. The summed E-state index contributed by atoms with van der Waals surface area (Å²) in [4.78, 5) is 23.3. The van der Waals surface area contributed by atoms with Crippen LogP contribution in [0, 0.1) is 5.92 Å². The Kier molecular flexibility index (Phi) is 3.68. The number of carboxylic acids is 1. The van der Waals surface area contributed by atoms with Crippen LogP contribution in [0.25, 0.3) is 0 Å². The summed E-state index contributed by atoms with van der Waals surface area (Å²) in [5.74, 6) is -0.756. The number of rotatable bonds is 2. The third-order valence-corrected chi connectivity index (χ3v) is 2.34. The largest absolute Gasteiger partial charge is 0.478 e. The van der Waals surface area contributed by atoms with Crippen LogP contribution in [0.15, 0.2) is 12.2 Å². The van der Waals surface area contributed by atoms with Gasteiger partial charge in [-0.1, -0.05) is 6.92 Å². The molecule has 78 valence electrons. The molecule has 14 heavy (non-hydrogen) atoms. The van der Waals surface area contributed by atoms with Gasteiger partial charge in [-0.3, -0.25) is 4.79 Å². The van der Waals surface area contributed by atoms with Crippen LogP contribution in [0.3, 0.4) is 0 Å². The highest BCUT2D eigenvalue weighted by molar-refractivity contribution is 5.93. The van der Waals surface area contributed by atoms with Gasteiger partial charge in [0.25, 0.3) is 0 Å². The first-order valence-corrected chi connectivity index (χ1v) is 4.79. The Balaban J connectivity index is 2.47. The lowest BCUT2D eigenvalue weighted by Gasteiger charge is -2.29. The van der Waals surface area contributed by atoms with Crippen LogP contribution < -0.4 is 0 Å². The summed E-state index contributed by atoms with van der Waals surface area (Å²) < 4.78 is 0. The summed E-state index contributed by atoms with van der Waals surface area (Å²) in [7, 11) is 0. The van der Waals surface area contributed by atoms with Gasteiger partial charge in [0.1, 0.15) is 0 Å². The molecule has 0 aromatic carbocycles. The highest BCUT2D eigenvalue weighted by Crippen LogP contribution is 2.15. The molecule has 1 aliphatic rings. The minimum Gasteiger partial charge on any atom is -0.478 e. The van der Waals surface area contributed by atoms with Gasteiger partial charge in [0.15, 0.2) is 0 Å². The third-order valence-electron chi connectivity index (χ3n) is 2.34. The number of hydrogen-bond donors (Lipinski definition) is 1. The Bertz CT molecular complexity index is 260. The van der Waals surface area contributed by atoms with Crippen molar-refractivity contribution < 1.29 is 14.7 Å². The molecule has 0 aliphatic carbocycles. The molecule has 0 aromatic heterocycles. The van der Waals surface area contributed by atoms with Crippen LogP contribution in [0.1, 0.15) is 19.8 Å². The topological polar surface area (TPSA) is 57.6 Å². The summed E-state index contributed by atoms with van der Waals surface area (Å²) in [5.41, 5.74) is 0. The zero-order valence-electron chi connectivity index (χ0n) is 8.27. The van der Waals surface area contributed by atoms with E-state index in [4.69, 9.17) is 5.11 Å². The first-order valence-electron chi connectivity index (χ1n) is 4.79. The first-order chi connectivity index (χ1) is 6.59. The Labute approximate surface area is 83.2 Å². The average Bonchev–Trinajstić information content (AvgIpc) is 2.14. The quantitative estimate of drug-likeness (QED) is 0.669. The van der Waals surface area contributed by atoms with Crippen molar-refractivity contribution in [3.63, 3.8) is 0 Å². The monoisotopic (exact) mass is 197 g/mol. The van der Waals surface area contributed by atoms with Gasteiger partial charge in [-0.2, -0.15) is 0 Å². The van der Waals surface area contributed by atoms with Gasteiger partial charge < -0.3 is 10.0 Å². The van der Waals surface area contributed by atoms with Crippen LogP contribution >= 0.6 is 0 Å². The molecule has 0 unspecified atom stereocenters. The second kappa shape index (κ2) is 4.79. The number of likely N-dealkylation sites (tertiary alicyclic amines) is 1. The molecule has 0 saturated carbocycles. The lowest BCUT2D eigenvalue weighted by atomic mass is 10.0. The lowest BCUT2D eigenvalue weighted by Crippen LogP contribution is -2.38. The second-order valence-electron chi connectivity index (χ2n) is 3.70. The van der Waals surface area contributed by atoms with E-state index in [1.165, 1.54) is 0 Å². The fourth-order valence-electron chi connectivity index (χ4n) is 1.64. The highest BCUT2D eigenvalue weighted by atomic mass is 16.4. The van der Waals surface area contributed by atoms with Gasteiger partial charge in [-0.25, -0.2) is 4.79 Å². The molecular weight excluding hydrogens is 182 g/mol. The molecule has 0 bridgehead atoms. The van der Waals surface area contributed by atoms with E-state index in [0.29, 0.717) is 5.92 Å². The summed E-state index contributed by atoms with van der Waals surface area (Å²) in [6.45, 7) is 3.58. The molecule has 0 radical (unpaired) electrons. The molecular formula is C10H15NO3. The predicted octanol–water partition coefficient (Wildman–Crippen LogP) is 0.886. The number of amides is 1. The van der Waals surface area contributed by atoms with Crippen molar-refractivity contribution in [1.82, 2.24) is 4.90 Å². The number of hydrogen-bond acceptors (Lipinski definition) is 2. The molecule has 1 heterocycles. The molecule has 1 N–H and O–H groups in total. The maximum Gasteiger partial charge on any atom is 0.328 e. The number of carboxylic acid groups (broad SMARTS) is 1. The van der Waals surface area contributed by atoms with Crippen molar-refractivity contribution in [3.05, 3.63) is 12.2 Å². The van der Waals surface area contributed by atoms with Crippen molar-refractivity contribution in [2.75, 3.05) is 13.1 Å². The zero-order valence-corrected chi connectivity index (χ0v) is 8.27. The van der Waals surface area contributed by atoms with E-state index in [1.807, 2.05) is 0 Å². The zero-order chi connectivity index (χ0) is 10.6. The van der Waals surface area contributed by atoms with Gasteiger partial charge in [0.05, 0.1) is 0 Å². The number of nitrogens with zero attached hydrogens (tertiary/aromatic N) is 1. The van der Waals surface area contributed by atoms with Crippen molar-refractivity contribution >= 4 is 11.9 Å². The van der Waals surface area contributed by atoms with Crippen LogP contribution in [-0.2, 0) is 9.59 Å². The standard InChI is InChI=1S/C10H15NO3/c1-8-3-2-6-11(7-8)9(12)4-5-10(13)14/h4-5,8H,2-3,6-7H2,1H3,(H,13,14)/b5-4+/t8-/m0/s1. The molecule has 1 rings (SSSR count). The molecule has 1 aliphatic heterocycles. The van der Waals surface area contributed by atoms with E-state index >= 15 is 0 Å². The Hall–Kier alpha value is -1.32. The first kappa shape index (κ1) is 10.8. The second-order valence-corrected chi connectivity index (χ2v) is 3.70.